The highest BCUT2D eigenvalue weighted by atomic mass is 16.5. The van der Waals surface area contributed by atoms with E-state index in [2.05, 4.69) is 19.9 Å². The topological polar surface area (TPSA) is 46.5 Å². The largest absolute Gasteiger partial charge is 0.462 e. The summed E-state index contributed by atoms with van der Waals surface area (Å²) in [5.41, 5.74) is 2.22. The lowest BCUT2D eigenvalue weighted by molar-refractivity contribution is -0.148. The maximum absolute atomic E-state index is 11.3. The van der Waals surface area contributed by atoms with Crippen molar-refractivity contribution in [3.63, 3.8) is 0 Å². The molecule has 0 unspecified atom stereocenters. The van der Waals surface area contributed by atoms with E-state index in [1.165, 1.54) is 39.0 Å². The van der Waals surface area contributed by atoms with E-state index in [9.17, 15) is 9.90 Å². The maximum atomic E-state index is 11.3. The highest BCUT2D eigenvalue weighted by Crippen LogP contribution is 2.66. The second-order valence-electron chi connectivity index (χ2n) is 9.73. The number of ether oxygens (including phenoxy) is 1. The molecule has 0 aliphatic heterocycles. The van der Waals surface area contributed by atoms with Crippen LogP contribution in [-0.4, -0.2) is 23.8 Å². The van der Waals surface area contributed by atoms with Gasteiger partial charge in [0.15, 0.2) is 0 Å². The molecule has 1 N–H and O–H groups in total. The molecule has 0 heterocycles. The molecule has 0 radical (unpaired) electrons. The van der Waals surface area contributed by atoms with E-state index in [-0.39, 0.29) is 12.1 Å². The average Bonchev–Trinajstić information content (AvgIpc) is 2.91. The summed E-state index contributed by atoms with van der Waals surface area (Å²) in [6.45, 7) is 6.84. The predicted molar refractivity (Wildman–Crippen MR) is 97.8 cm³/mol. The first-order valence-corrected chi connectivity index (χ1v) is 10.4. The lowest BCUT2D eigenvalue weighted by atomic mass is 9.47. The lowest BCUT2D eigenvalue weighted by Gasteiger charge is -2.58. The van der Waals surface area contributed by atoms with Crippen LogP contribution in [0.1, 0.15) is 72.1 Å². The minimum atomic E-state index is -0.141. The van der Waals surface area contributed by atoms with Crippen molar-refractivity contribution >= 4 is 5.97 Å². The quantitative estimate of drug-likeness (QED) is 0.592. The van der Waals surface area contributed by atoms with E-state index < -0.39 is 0 Å². The molecule has 140 valence electrons. The summed E-state index contributed by atoms with van der Waals surface area (Å²) < 4.78 is 5.53. The summed E-state index contributed by atoms with van der Waals surface area (Å²) in [5, 5.41) is 9.85. The number of hydrogen-bond acceptors (Lipinski definition) is 3. The van der Waals surface area contributed by atoms with Gasteiger partial charge in [0.1, 0.15) is 6.10 Å². The van der Waals surface area contributed by atoms with Crippen molar-refractivity contribution in [3.05, 3.63) is 11.6 Å². The van der Waals surface area contributed by atoms with Gasteiger partial charge in [0, 0.05) is 20.0 Å². The zero-order valence-electron chi connectivity index (χ0n) is 16.1. The monoisotopic (exact) mass is 346 g/mol. The number of carbonyl (C=O) groups excluding carboxylic acids is 1. The van der Waals surface area contributed by atoms with Crippen LogP contribution in [0.25, 0.3) is 0 Å². The Hall–Kier alpha value is -0.830. The normalized spacial score (nSPS) is 48.8. The van der Waals surface area contributed by atoms with Crippen molar-refractivity contribution < 1.29 is 14.6 Å². The average molecular weight is 347 g/mol. The number of rotatable bonds is 2. The Morgan fingerprint density at radius 1 is 1.20 bits per heavy atom. The van der Waals surface area contributed by atoms with Crippen molar-refractivity contribution in [1.82, 2.24) is 0 Å². The van der Waals surface area contributed by atoms with Crippen molar-refractivity contribution in [2.45, 2.75) is 78.2 Å². The molecular formula is C22H34O3. The molecule has 3 fully saturated rings. The molecule has 0 aromatic carbocycles. The molecule has 3 heteroatoms. The molecule has 0 bridgehead atoms. The van der Waals surface area contributed by atoms with Gasteiger partial charge in [-0.05, 0) is 79.4 Å². The Bertz CT molecular complexity index is 582. The van der Waals surface area contributed by atoms with Crippen LogP contribution in [0.15, 0.2) is 11.6 Å². The first-order valence-electron chi connectivity index (χ1n) is 10.4. The van der Waals surface area contributed by atoms with E-state index in [1.54, 1.807) is 5.57 Å². The van der Waals surface area contributed by atoms with Crippen molar-refractivity contribution in [1.29, 1.82) is 0 Å². The highest BCUT2D eigenvalue weighted by Gasteiger charge is 2.58. The molecule has 0 aromatic rings. The van der Waals surface area contributed by atoms with Gasteiger partial charge in [0.25, 0.3) is 0 Å². The van der Waals surface area contributed by atoms with Crippen LogP contribution in [0.2, 0.25) is 0 Å². The molecule has 0 amide bonds. The van der Waals surface area contributed by atoms with Gasteiger partial charge in [-0.25, -0.2) is 0 Å². The van der Waals surface area contributed by atoms with E-state index in [0.29, 0.717) is 23.4 Å². The SMILES string of the molecule is CC(=O)O[C@H]1CC[C@@]2(C)C(=CC[C@H]3[C@@H]4CC[C@H](CO)[C@@]4(C)CC[C@@H]32)C1. The number of carbonyl (C=O) groups is 1. The van der Waals surface area contributed by atoms with Gasteiger partial charge >= 0.3 is 5.97 Å². The van der Waals surface area contributed by atoms with E-state index in [0.717, 1.165) is 37.0 Å². The van der Waals surface area contributed by atoms with Gasteiger partial charge in [-0.3, -0.25) is 4.79 Å². The van der Waals surface area contributed by atoms with Crippen LogP contribution in [0, 0.1) is 34.5 Å². The van der Waals surface area contributed by atoms with Gasteiger partial charge in [0.2, 0.25) is 0 Å². The Kier molecular flexibility index (Phi) is 4.30. The first-order chi connectivity index (χ1) is 11.9. The van der Waals surface area contributed by atoms with Crippen LogP contribution in [0.4, 0.5) is 0 Å². The Morgan fingerprint density at radius 2 is 2.00 bits per heavy atom. The number of allylic oxidation sites excluding steroid dienone is 1. The number of aliphatic hydroxyl groups is 1. The third kappa shape index (κ3) is 2.60. The molecule has 3 nitrogen and oxygen atoms in total. The highest BCUT2D eigenvalue weighted by molar-refractivity contribution is 5.66. The Labute approximate surface area is 152 Å². The van der Waals surface area contributed by atoms with Crippen LogP contribution in [-0.2, 0) is 9.53 Å². The number of hydrogen-bond donors (Lipinski definition) is 1. The minimum absolute atomic E-state index is 0.0903. The number of aliphatic hydroxyl groups excluding tert-OH is 1. The predicted octanol–water partition coefficient (Wildman–Crippen LogP) is 4.49. The summed E-state index contributed by atoms with van der Waals surface area (Å²) in [6.07, 6.45) is 12.0. The zero-order chi connectivity index (χ0) is 17.8. The lowest BCUT2D eigenvalue weighted by Crippen LogP contribution is -2.50. The molecular weight excluding hydrogens is 312 g/mol. The Balaban J connectivity index is 1.58. The molecule has 4 aliphatic rings. The van der Waals surface area contributed by atoms with E-state index in [4.69, 9.17) is 4.74 Å². The van der Waals surface area contributed by atoms with Crippen LogP contribution < -0.4 is 0 Å². The second kappa shape index (κ2) is 6.11. The number of esters is 1. The molecule has 0 aromatic heterocycles. The summed E-state index contributed by atoms with van der Waals surface area (Å²) in [5.74, 6) is 2.72. The molecule has 4 rings (SSSR count). The molecule has 4 aliphatic carbocycles. The van der Waals surface area contributed by atoms with Gasteiger partial charge in [0.05, 0.1) is 0 Å². The van der Waals surface area contributed by atoms with Crippen LogP contribution >= 0.6 is 0 Å². The summed E-state index contributed by atoms with van der Waals surface area (Å²) >= 11 is 0. The van der Waals surface area contributed by atoms with Gasteiger partial charge < -0.3 is 9.84 Å². The third-order valence-corrected chi connectivity index (χ3v) is 8.81. The summed E-state index contributed by atoms with van der Waals surface area (Å²) in [4.78, 5) is 11.3. The summed E-state index contributed by atoms with van der Waals surface area (Å²) in [6, 6.07) is 0. The standard InChI is InChI=1S/C22H34O3/c1-14(24)25-17-8-10-21(2)15(12-17)4-6-18-19-7-5-16(13-23)22(19,3)11-9-20(18)21/h4,16-20,23H,5-13H2,1-3H3/t16-,17+,18+,19+,20+,21+,22-/m1/s1. The fourth-order valence-electron chi connectivity index (χ4n) is 7.37. The van der Waals surface area contributed by atoms with E-state index >= 15 is 0 Å². The van der Waals surface area contributed by atoms with Gasteiger partial charge in [-0.15, -0.1) is 0 Å². The molecule has 0 saturated heterocycles. The number of fused-ring (bicyclic) bond motifs is 5. The zero-order valence-corrected chi connectivity index (χ0v) is 16.1. The van der Waals surface area contributed by atoms with Gasteiger partial charge in [-0.1, -0.05) is 25.5 Å². The van der Waals surface area contributed by atoms with Gasteiger partial charge in [-0.2, -0.15) is 0 Å². The van der Waals surface area contributed by atoms with Crippen molar-refractivity contribution in [2.75, 3.05) is 6.61 Å². The van der Waals surface area contributed by atoms with Crippen LogP contribution in [0.3, 0.4) is 0 Å². The van der Waals surface area contributed by atoms with E-state index in [1.807, 2.05) is 0 Å². The van der Waals surface area contributed by atoms with Crippen molar-refractivity contribution in [3.8, 4) is 0 Å². The second-order valence-corrected chi connectivity index (χ2v) is 9.73. The first kappa shape index (κ1) is 17.6. The smallest absolute Gasteiger partial charge is 0.302 e. The maximum Gasteiger partial charge on any atom is 0.302 e. The molecule has 25 heavy (non-hydrogen) atoms. The minimum Gasteiger partial charge on any atom is -0.462 e. The third-order valence-electron chi connectivity index (χ3n) is 8.81. The Morgan fingerprint density at radius 3 is 2.72 bits per heavy atom. The fraction of sp³-hybridized carbons (Fsp3) is 0.864. The fourth-order valence-corrected chi connectivity index (χ4v) is 7.37. The van der Waals surface area contributed by atoms with Crippen molar-refractivity contribution in [2.24, 2.45) is 34.5 Å². The molecule has 3 saturated carbocycles. The van der Waals surface area contributed by atoms with Crippen LogP contribution in [0.5, 0.6) is 0 Å². The summed E-state index contributed by atoms with van der Waals surface area (Å²) in [7, 11) is 0. The molecule has 7 atom stereocenters. The molecule has 0 spiro atoms.